The smallest absolute Gasteiger partial charge is 0.409 e. The summed E-state index contributed by atoms with van der Waals surface area (Å²) in [5.74, 6) is -1.65. The highest BCUT2D eigenvalue weighted by molar-refractivity contribution is 7.23. The molecule has 0 spiro atoms. The molecule has 11 nitrogen and oxygen atoms in total. The number of hydrogen-bond donors (Lipinski definition) is 2. The number of fused-ring (bicyclic) bond motifs is 4. The predicted octanol–water partition coefficient (Wildman–Crippen LogP) is 4.87. The number of hydrogen-bond acceptors (Lipinski definition) is 10. The van der Waals surface area contributed by atoms with E-state index in [9.17, 15) is 28.3 Å². The molecule has 16 heteroatoms. The number of halogens is 4. The SMILES string of the molecule is CN1C[C@H](OC(F)F)C[C@H]1COc1ncc2c3c(c(-c4ncc(F)c5sc(NC(=O)O)c(C#N)c45)c(F)c2n1)COC3. The third-order valence-electron chi connectivity index (χ3n) is 7.27. The number of anilines is 1. The molecule has 0 bridgehead atoms. The second-order valence-electron chi connectivity index (χ2n) is 9.72. The van der Waals surface area contributed by atoms with Crippen molar-refractivity contribution < 1.29 is 41.7 Å². The minimum atomic E-state index is -2.88. The Balaban J connectivity index is 1.43. The number of aromatic nitrogens is 3. The largest absolute Gasteiger partial charge is 0.465 e. The van der Waals surface area contributed by atoms with Gasteiger partial charge in [0.05, 0.1) is 41.5 Å². The van der Waals surface area contributed by atoms with E-state index >= 15 is 4.39 Å². The van der Waals surface area contributed by atoms with Gasteiger partial charge in [0, 0.05) is 35.1 Å². The number of rotatable bonds is 7. The molecule has 4 aromatic rings. The molecule has 2 atom stereocenters. The van der Waals surface area contributed by atoms with Gasteiger partial charge in [-0.25, -0.2) is 18.6 Å². The van der Waals surface area contributed by atoms with Crippen LogP contribution >= 0.6 is 11.3 Å². The van der Waals surface area contributed by atoms with Crippen LogP contribution in [0.5, 0.6) is 6.01 Å². The molecule has 0 radical (unpaired) electrons. The molecule has 42 heavy (non-hydrogen) atoms. The maximum atomic E-state index is 16.4. The minimum Gasteiger partial charge on any atom is -0.465 e. The standard InChI is InChI=1S/C26H20F4N6O5S/c1-36-6-11(41-24(29)30)2-10(36)7-40-25-33-4-13-14-8-39-9-15(14)17(19(28)20(13)34-25)21-18-12(3-31)23(35-26(37)38)42-22(18)16(27)5-32-21/h4-5,10-11,24,35H,2,6-9H2,1H3,(H,37,38)/t10-,11+/m0/s1. The Morgan fingerprint density at radius 2 is 2.10 bits per heavy atom. The van der Waals surface area contributed by atoms with Crippen molar-refractivity contribution >= 4 is 43.4 Å². The van der Waals surface area contributed by atoms with Crippen molar-refractivity contribution in [3.8, 4) is 23.3 Å². The first-order valence-corrected chi connectivity index (χ1v) is 13.3. The molecule has 0 unspecified atom stereocenters. The Kier molecular flexibility index (Phi) is 7.27. The lowest BCUT2D eigenvalue weighted by molar-refractivity contribution is -0.158. The molecular formula is C26H20F4N6O5S. The van der Waals surface area contributed by atoms with Gasteiger partial charge in [0.15, 0.2) is 11.6 Å². The third-order valence-corrected chi connectivity index (χ3v) is 8.38. The number of likely N-dealkylation sites (tertiary alicyclic amines) is 1. The zero-order chi connectivity index (χ0) is 29.7. The molecule has 1 aromatic carbocycles. The van der Waals surface area contributed by atoms with Gasteiger partial charge in [-0.2, -0.15) is 19.0 Å². The third kappa shape index (κ3) is 4.83. The van der Waals surface area contributed by atoms with Gasteiger partial charge in [0.1, 0.15) is 23.2 Å². The lowest BCUT2D eigenvalue weighted by atomic mass is 9.94. The average molecular weight is 605 g/mol. The molecule has 1 saturated heterocycles. The fourth-order valence-corrected chi connectivity index (χ4v) is 6.45. The second kappa shape index (κ2) is 10.9. The first-order valence-electron chi connectivity index (χ1n) is 12.5. The summed E-state index contributed by atoms with van der Waals surface area (Å²) in [5.41, 5.74) is 0.523. The molecular weight excluding hydrogens is 584 g/mol. The van der Waals surface area contributed by atoms with Crippen LogP contribution in [0.15, 0.2) is 12.4 Å². The van der Waals surface area contributed by atoms with Crippen LogP contribution in [0.3, 0.4) is 0 Å². The summed E-state index contributed by atoms with van der Waals surface area (Å²) in [5, 5.41) is 21.3. The quantitative estimate of drug-likeness (QED) is 0.281. The van der Waals surface area contributed by atoms with Gasteiger partial charge in [0.25, 0.3) is 0 Å². The molecule has 2 aliphatic heterocycles. The summed E-state index contributed by atoms with van der Waals surface area (Å²) in [6.45, 7) is -2.46. The monoisotopic (exact) mass is 604 g/mol. The van der Waals surface area contributed by atoms with Gasteiger partial charge in [0.2, 0.25) is 0 Å². The summed E-state index contributed by atoms with van der Waals surface area (Å²) >= 11 is 0.696. The van der Waals surface area contributed by atoms with E-state index in [4.69, 9.17) is 9.47 Å². The molecule has 0 aliphatic carbocycles. The van der Waals surface area contributed by atoms with Gasteiger partial charge in [-0.3, -0.25) is 15.2 Å². The zero-order valence-corrected chi connectivity index (χ0v) is 22.5. The van der Waals surface area contributed by atoms with Crippen molar-refractivity contribution in [2.75, 3.05) is 25.5 Å². The van der Waals surface area contributed by atoms with Gasteiger partial charge in [-0.1, -0.05) is 0 Å². The molecule has 3 aromatic heterocycles. The van der Waals surface area contributed by atoms with Crippen molar-refractivity contribution in [2.24, 2.45) is 0 Å². The lowest BCUT2D eigenvalue weighted by Crippen LogP contribution is -2.31. The lowest BCUT2D eigenvalue weighted by Gasteiger charge is -2.18. The number of nitriles is 1. The van der Waals surface area contributed by atoms with Gasteiger partial charge in [-0.15, -0.1) is 11.3 Å². The fraction of sp³-hybridized carbons (Fsp3) is 0.346. The summed E-state index contributed by atoms with van der Waals surface area (Å²) in [4.78, 5) is 25.7. The highest BCUT2D eigenvalue weighted by atomic mass is 32.1. The number of nitrogens with one attached hydrogen (secondary N) is 1. The van der Waals surface area contributed by atoms with Crippen LogP contribution in [0.4, 0.5) is 27.4 Å². The zero-order valence-electron chi connectivity index (χ0n) is 21.7. The van der Waals surface area contributed by atoms with Crippen molar-refractivity contribution in [3.63, 3.8) is 0 Å². The number of carbonyl (C=O) groups is 1. The molecule has 6 rings (SSSR count). The van der Waals surface area contributed by atoms with Crippen LogP contribution in [0.1, 0.15) is 23.1 Å². The van der Waals surface area contributed by atoms with Crippen LogP contribution in [0.2, 0.25) is 0 Å². The fourth-order valence-electron chi connectivity index (χ4n) is 5.40. The Bertz CT molecular complexity index is 1780. The highest BCUT2D eigenvalue weighted by Gasteiger charge is 2.33. The topological polar surface area (TPSA) is 143 Å². The number of benzene rings is 1. The van der Waals surface area contributed by atoms with E-state index in [0.717, 1.165) is 6.20 Å². The first-order chi connectivity index (χ1) is 20.2. The summed E-state index contributed by atoms with van der Waals surface area (Å²) in [7, 11) is 1.74. The number of pyridine rings is 1. The van der Waals surface area contributed by atoms with Gasteiger partial charge in [-0.05, 0) is 24.6 Å². The van der Waals surface area contributed by atoms with Crippen LogP contribution in [0, 0.1) is 23.0 Å². The maximum absolute atomic E-state index is 16.4. The van der Waals surface area contributed by atoms with Crippen molar-refractivity contribution in [3.05, 3.63) is 40.7 Å². The van der Waals surface area contributed by atoms with Gasteiger partial charge < -0.3 is 19.3 Å². The Hall–Kier alpha value is -4.17. The number of thiophene rings is 1. The molecule has 1 amide bonds. The normalized spacial score (nSPS) is 18.6. The number of amides is 1. The van der Waals surface area contributed by atoms with E-state index in [1.54, 1.807) is 7.05 Å². The molecule has 5 heterocycles. The van der Waals surface area contributed by atoms with Gasteiger partial charge >= 0.3 is 18.7 Å². The Labute approximate surface area is 238 Å². The highest BCUT2D eigenvalue weighted by Crippen LogP contribution is 2.45. The van der Waals surface area contributed by atoms with Crippen LogP contribution < -0.4 is 10.1 Å². The van der Waals surface area contributed by atoms with Crippen LogP contribution in [-0.2, 0) is 22.7 Å². The van der Waals surface area contributed by atoms with E-state index in [1.807, 2.05) is 11.0 Å². The van der Waals surface area contributed by atoms with E-state index < -0.39 is 30.4 Å². The molecule has 2 aliphatic rings. The number of carboxylic acid groups (broad SMARTS) is 1. The van der Waals surface area contributed by atoms with E-state index in [1.165, 1.54) is 6.20 Å². The second-order valence-corrected chi connectivity index (χ2v) is 10.7. The van der Waals surface area contributed by atoms with E-state index in [2.05, 4.69) is 25.0 Å². The molecule has 1 fully saturated rings. The van der Waals surface area contributed by atoms with E-state index in [0.29, 0.717) is 34.3 Å². The molecule has 218 valence electrons. The van der Waals surface area contributed by atoms with Crippen LogP contribution in [-0.4, -0.2) is 70.0 Å². The summed E-state index contributed by atoms with van der Waals surface area (Å²) in [6, 6.07) is 1.45. The predicted molar refractivity (Wildman–Crippen MR) is 140 cm³/mol. The maximum Gasteiger partial charge on any atom is 0.409 e. The van der Waals surface area contributed by atoms with Crippen molar-refractivity contribution in [1.29, 1.82) is 5.26 Å². The number of alkyl halides is 2. The number of nitrogens with zero attached hydrogens (tertiary/aromatic N) is 5. The molecule has 0 saturated carbocycles. The van der Waals surface area contributed by atoms with Crippen molar-refractivity contribution in [2.45, 2.75) is 38.4 Å². The van der Waals surface area contributed by atoms with Crippen LogP contribution in [0.25, 0.3) is 32.2 Å². The molecule has 2 N–H and O–H groups in total. The van der Waals surface area contributed by atoms with Crippen molar-refractivity contribution in [1.82, 2.24) is 19.9 Å². The summed E-state index contributed by atoms with van der Waals surface area (Å²) < 4.78 is 72.4. The first kappa shape index (κ1) is 28.0. The Morgan fingerprint density at radius 1 is 1.31 bits per heavy atom. The average Bonchev–Trinajstić information content (AvgIpc) is 3.65. The Morgan fingerprint density at radius 3 is 2.83 bits per heavy atom. The summed E-state index contributed by atoms with van der Waals surface area (Å²) in [6.07, 6.45) is 0.454. The minimum absolute atomic E-state index is 0.00153. The number of likely N-dealkylation sites (N-methyl/N-ethyl adjacent to an activating group) is 1. The number of ether oxygens (including phenoxy) is 3. The van der Waals surface area contributed by atoms with E-state index in [-0.39, 0.29) is 75.8 Å².